The summed E-state index contributed by atoms with van der Waals surface area (Å²) in [5.41, 5.74) is 8.59. The first-order chi connectivity index (χ1) is 9.58. The highest BCUT2D eigenvalue weighted by atomic mass is 32.1. The summed E-state index contributed by atoms with van der Waals surface area (Å²) in [6.07, 6.45) is 2.76. The van der Waals surface area contributed by atoms with Gasteiger partial charge in [-0.3, -0.25) is 4.79 Å². The molecule has 0 spiro atoms. The SMILES string of the molecule is Cc1ccc(NCCC(=O)N2CCCC2)c(C(N)=S)c1. The van der Waals surface area contributed by atoms with Crippen LogP contribution in [0.1, 0.15) is 30.4 Å². The lowest BCUT2D eigenvalue weighted by molar-refractivity contribution is -0.129. The van der Waals surface area contributed by atoms with E-state index in [-0.39, 0.29) is 5.91 Å². The molecule has 1 aliphatic rings. The fraction of sp³-hybridized carbons (Fsp3) is 0.467. The summed E-state index contributed by atoms with van der Waals surface area (Å²) >= 11 is 5.06. The molecular formula is C15H21N3OS. The van der Waals surface area contributed by atoms with E-state index in [1.54, 1.807) is 0 Å². The van der Waals surface area contributed by atoms with Gasteiger partial charge in [0, 0.05) is 37.3 Å². The Morgan fingerprint density at radius 1 is 1.40 bits per heavy atom. The van der Waals surface area contributed by atoms with Gasteiger partial charge in [-0.1, -0.05) is 23.8 Å². The summed E-state index contributed by atoms with van der Waals surface area (Å²) in [5.74, 6) is 0.221. The van der Waals surface area contributed by atoms with E-state index >= 15 is 0 Å². The van der Waals surface area contributed by atoms with Gasteiger partial charge in [0.25, 0.3) is 0 Å². The second-order valence-electron chi connectivity index (χ2n) is 5.18. The molecule has 1 saturated heterocycles. The predicted octanol–water partition coefficient (Wildman–Crippen LogP) is 2.05. The number of amides is 1. The molecule has 3 N–H and O–H groups in total. The number of thiocarbonyl (C=S) groups is 1. The van der Waals surface area contributed by atoms with Crippen molar-refractivity contribution < 1.29 is 4.79 Å². The molecule has 0 bridgehead atoms. The lowest BCUT2D eigenvalue weighted by atomic mass is 10.1. The molecule has 5 heteroatoms. The number of anilines is 1. The molecule has 0 saturated carbocycles. The van der Waals surface area contributed by atoms with E-state index in [4.69, 9.17) is 18.0 Å². The molecule has 1 heterocycles. The topological polar surface area (TPSA) is 58.4 Å². The van der Waals surface area contributed by atoms with Crippen molar-refractivity contribution in [3.05, 3.63) is 29.3 Å². The molecule has 20 heavy (non-hydrogen) atoms. The van der Waals surface area contributed by atoms with Crippen molar-refractivity contribution in [1.82, 2.24) is 4.90 Å². The average molecular weight is 291 g/mol. The Balaban J connectivity index is 1.90. The summed E-state index contributed by atoms with van der Waals surface area (Å²) in [7, 11) is 0. The van der Waals surface area contributed by atoms with Crippen molar-refractivity contribution in [2.75, 3.05) is 25.0 Å². The number of carbonyl (C=O) groups is 1. The van der Waals surface area contributed by atoms with Crippen LogP contribution in [0.5, 0.6) is 0 Å². The zero-order chi connectivity index (χ0) is 14.5. The molecule has 1 aromatic carbocycles. The van der Waals surface area contributed by atoms with Crippen molar-refractivity contribution in [1.29, 1.82) is 0 Å². The quantitative estimate of drug-likeness (QED) is 0.815. The van der Waals surface area contributed by atoms with Gasteiger partial charge in [-0.15, -0.1) is 0 Å². The maximum Gasteiger partial charge on any atom is 0.224 e. The molecule has 1 fully saturated rings. The zero-order valence-electron chi connectivity index (χ0n) is 11.8. The van der Waals surface area contributed by atoms with Gasteiger partial charge in [0.1, 0.15) is 4.99 Å². The van der Waals surface area contributed by atoms with Gasteiger partial charge in [-0.05, 0) is 31.9 Å². The van der Waals surface area contributed by atoms with Crippen molar-refractivity contribution in [2.24, 2.45) is 5.73 Å². The van der Waals surface area contributed by atoms with Crippen molar-refractivity contribution in [2.45, 2.75) is 26.2 Å². The number of hydrogen-bond acceptors (Lipinski definition) is 3. The van der Waals surface area contributed by atoms with Gasteiger partial charge < -0.3 is 16.0 Å². The van der Waals surface area contributed by atoms with Crippen molar-refractivity contribution >= 4 is 28.8 Å². The van der Waals surface area contributed by atoms with Crippen LogP contribution < -0.4 is 11.1 Å². The van der Waals surface area contributed by atoms with E-state index in [0.717, 1.165) is 42.7 Å². The third-order valence-electron chi connectivity index (χ3n) is 3.55. The molecule has 0 aliphatic carbocycles. The molecule has 1 aliphatic heterocycles. The fourth-order valence-corrected chi connectivity index (χ4v) is 2.61. The van der Waals surface area contributed by atoms with Gasteiger partial charge in [0.15, 0.2) is 0 Å². The maximum absolute atomic E-state index is 11.9. The number of hydrogen-bond donors (Lipinski definition) is 2. The average Bonchev–Trinajstić information content (AvgIpc) is 2.94. The Hall–Kier alpha value is -1.62. The Labute approximate surface area is 125 Å². The molecule has 4 nitrogen and oxygen atoms in total. The Bertz CT molecular complexity index is 510. The number of rotatable bonds is 5. The van der Waals surface area contributed by atoms with Crippen LogP contribution in [0.2, 0.25) is 0 Å². The summed E-state index contributed by atoms with van der Waals surface area (Å²) < 4.78 is 0. The smallest absolute Gasteiger partial charge is 0.224 e. The van der Waals surface area contributed by atoms with Crippen molar-refractivity contribution in [3.63, 3.8) is 0 Å². The monoisotopic (exact) mass is 291 g/mol. The second kappa shape index (κ2) is 6.70. The van der Waals surface area contributed by atoms with E-state index in [0.29, 0.717) is 18.0 Å². The summed E-state index contributed by atoms with van der Waals surface area (Å²) in [6.45, 7) is 4.42. The second-order valence-corrected chi connectivity index (χ2v) is 5.62. The van der Waals surface area contributed by atoms with Crippen LogP contribution in [0.4, 0.5) is 5.69 Å². The van der Waals surface area contributed by atoms with Gasteiger partial charge in [-0.25, -0.2) is 0 Å². The summed E-state index contributed by atoms with van der Waals surface area (Å²) in [4.78, 5) is 14.3. The van der Waals surface area contributed by atoms with E-state index < -0.39 is 0 Å². The first-order valence-corrected chi connectivity index (χ1v) is 7.41. The van der Waals surface area contributed by atoms with Gasteiger partial charge in [0.05, 0.1) is 0 Å². The Morgan fingerprint density at radius 2 is 2.10 bits per heavy atom. The first-order valence-electron chi connectivity index (χ1n) is 7.00. The van der Waals surface area contributed by atoms with Crippen LogP contribution in [0, 0.1) is 6.92 Å². The Kier molecular flexibility index (Phi) is 4.95. The normalized spacial score (nSPS) is 14.3. The molecule has 1 aromatic rings. The van der Waals surface area contributed by atoms with E-state index in [2.05, 4.69) is 5.32 Å². The third kappa shape index (κ3) is 3.70. The van der Waals surface area contributed by atoms with E-state index in [9.17, 15) is 4.79 Å². The van der Waals surface area contributed by atoms with Crippen LogP contribution in [0.3, 0.4) is 0 Å². The number of nitrogens with two attached hydrogens (primary N) is 1. The molecule has 0 atom stereocenters. The van der Waals surface area contributed by atoms with Crippen LogP contribution in [0.15, 0.2) is 18.2 Å². The van der Waals surface area contributed by atoms with Crippen LogP contribution >= 0.6 is 12.2 Å². The standard InChI is InChI=1S/C15H21N3OS/c1-11-4-5-13(12(10-11)15(16)20)17-7-6-14(19)18-8-2-3-9-18/h4-5,10,17H,2-3,6-9H2,1H3,(H2,16,20). The highest BCUT2D eigenvalue weighted by molar-refractivity contribution is 7.80. The summed E-state index contributed by atoms with van der Waals surface area (Å²) in [5, 5.41) is 3.26. The molecule has 0 aromatic heterocycles. The van der Waals surface area contributed by atoms with E-state index in [1.807, 2.05) is 30.0 Å². The zero-order valence-corrected chi connectivity index (χ0v) is 12.6. The predicted molar refractivity (Wildman–Crippen MR) is 86.0 cm³/mol. The number of aryl methyl sites for hydroxylation is 1. The molecule has 0 radical (unpaired) electrons. The minimum atomic E-state index is 0.221. The minimum absolute atomic E-state index is 0.221. The molecule has 108 valence electrons. The molecular weight excluding hydrogens is 270 g/mol. The highest BCUT2D eigenvalue weighted by Crippen LogP contribution is 2.17. The minimum Gasteiger partial charge on any atom is -0.389 e. The number of benzene rings is 1. The van der Waals surface area contributed by atoms with Crippen LogP contribution in [-0.4, -0.2) is 35.4 Å². The number of likely N-dealkylation sites (tertiary alicyclic amines) is 1. The maximum atomic E-state index is 11.9. The van der Waals surface area contributed by atoms with E-state index in [1.165, 1.54) is 0 Å². The van der Waals surface area contributed by atoms with Crippen LogP contribution in [0.25, 0.3) is 0 Å². The number of nitrogens with one attached hydrogen (secondary N) is 1. The Morgan fingerprint density at radius 3 is 2.75 bits per heavy atom. The lowest BCUT2D eigenvalue weighted by Gasteiger charge is -2.16. The molecule has 0 unspecified atom stereocenters. The van der Waals surface area contributed by atoms with Gasteiger partial charge in [-0.2, -0.15) is 0 Å². The molecule has 1 amide bonds. The fourth-order valence-electron chi connectivity index (χ4n) is 2.44. The first kappa shape index (κ1) is 14.8. The lowest BCUT2D eigenvalue weighted by Crippen LogP contribution is -2.29. The highest BCUT2D eigenvalue weighted by Gasteiger charge is 2.17. The van der Waals surface area contributed by atoms with Crippen molar-refractivity contribution in [3.8, 4) is 0 Å². The number of carbonyl (C=O) groups excluding carboxylic acids is 1. The van der Waals surface area contributed by atoms with Crippen LogP contribution in [-0.2, 0) is 4.79 Å². The number of nitrogens with zero attached hydrogens (tertiary/aromatic N) is 1. The third-order valence-corrected chi connectivity index (χ3v) is 3.77. The molecule has 2 rings (SSSR count). The van der Waals surface area contributed by atoms with Gasteiger partial charge >= 0.3 is 0 Å². The van der Waals surface area contributed by atoms with Gasteiger partial charge in [0.2, 0.25) is 5.91 Å². The summed E-state index contributed by atoms with van der Waals surface area (Å²) in [6, 6.07) is 5.93. The largest absolute Gasteiger partial charge is 0.389 e.